The molecule has 1 aromatic rings. The average molecular weight is 508 g/mol. The molecule has 2 aliphatic rings. The van der Waals surface area contributed by atoms with Gasteiger partial charge >= 0.3 is 0 Å². The van der Waals surface area contributed by atoms with Gasteiger partial charge in [-0.15, -0.1) is 34.2 Å². The molecule has 1 aromatic heterocycles. The van der Waals surface area contributed by atoms with E-state index in [0.717, 1.165) is 56.7 Å². The van der Waals surface area contributed by atoms with Crippen molar-refractivity contribution >= 4 is 41.7 Å². The highest BCUT2D eigenvalue weighted by Crippen LogP contribution is 2.28. The molecule has 0 amide bonds. The summed E-state index contributed by atoms with van der Waals surface area (Å²) >= 11 is 1.89. The maximum Gasteiger partial charge on any atom is 0.194 e. The van der Waals surface area contributed by atoms with Gasteiger partial charge in [0, 0.05) is 39.2 Å². The van der Waals surface area contributed by atoms with Crippen LogP contribution in [0.4, 0.5) is 0 Å². The number of thioether (sulfide) groups is 1. The van der Waals surface area contributed by atoms with Crippen molar-refractivity contribution in [2.24, 2.45) is 18.0 Å². The van der Waals surface area contributed by atoms with Crippen molar-refractivity contribution in [3.8, 4) is 0 Å². The van der Waals surface area contributed by atoms with E-state index in [9.17, 15) is 0 Å². The Morgan fingerprint density at radius 1 is 1.37 bits per heavy atom. The summed E-state index contributed by atoms with van der Waals surface area (Å²) in [6, 6.07) is 0. The van der Waals surface area contributed by atoms with Crippen LogP contribution in [0, 0.1) is 12.8 Å². The third kappa shape index (κ3) is 6.22. The van der Waals surface area contributed by atoms with Crippen LogP contribution in [0.25, 0.3) is 0 Å². The maximum atomic E-state index is 5.96. The SMILES string of the molecule is CSCCCNC(=NCc1nnc(C)n1C)N1CCC2OCCCC2C1.I. The molecule has 0 aliphatic carbocycles. The number of aliphatic imine (C=N–C) groups is 1. The van der Waals surface area contributed by atoms with Crippen LogP contribution in [0.2, 0.25) is 0 Å². The number of aromatic nitrogens is 3. The monoisotopic (exact) mass is 508 g/mol. The highest BCUT2D eigenvalue weighted by Gasteiger charge is 2.33. The van der Waals surface area contributed by atoms with Crippen LogP contribution in [-0.4, -0.2) is 70.0 Å². The molecule has 0 aromatic carbocycles. The lowest BCUT2D eigenvalue weighted by atomic mass is 9.88. The van der Waals surface area contributed by atoms with E-state index in [0.29, 0.717) is 18.6 Å². The molecule has 3 heterocycles. The minimum absolute atomic E-state index is 0. The summed E-state index contributed by atoms with van der Waals surface area (Å²) in [4.78, 5) is 7.30. The third-order valence-electron chi connectivity index (χ3n) is 5.38. The number of ether oxygens (including phenoxy) is 1. The number of guanidine groups is 1. The van der Waals surface area contributed by atoms with Crippen molar-refractivity contribution in [2.75, 3.05) is 38.2 Å². The number of nitrogens with zero attached hydrogens (tertiary/aromatic N) is 5. The van der Waals surface area contributed by atoms with Gasteiger partial charge < -0.3 is 19.5 Å². The minimum atomic E-state index is 0. The van der Waals surface area contributed by atoms with Gasteiger partial charge in [0.2, 0.25) is 0 Å². The largest absolute Gasteiger partial charge is 0.378 e. The van der Waals surface area contributed by atoms with Crippen LogP contribution >= 0.6 is 35.7 Å². The molecule has 2 unspecified atom stereocenters. The molecule has 2 fully saturated rings. The van der Waals surface area contributed by atoms with Crippen LogP contribution in [-0.2, 0) is 18.3 Å². The molecular weight excluding hydrogens is 475 g/mol. The van der Waals surface area contributed by atoms with Gasteiger partial charge in [-0.25, -0.2) is 4.99 Å². The second-order valence-corrected chi connectivity index (χ2v) is 8.17. The van der Waals surface area contributed by atoms with Crippen LogP contribution < -0.4 is 5.32 Å². The van der Waals surface area contributed by atoms with E-state index >= 15 is 0 Å². The van der Waals surface area contributed by atoms with Crippen molar-refractivity contribution in [2.45, 2.75) is 45.3 Å². The Kier molecular flexibility index (Phi) is 9.64. The fourth-order valence-electron chi connectivity index (χ4n) is 3.70. The zero-order chi connectivity index (χ0) is 18.4. The predicted molar refractivity (Wildman–Crippen MR) is 122 cm³/mol. The molecule has 2 aliphatic heterocycles. The Balaban J connectivity index is 0.00000261. The topological polar surface area (TPSA) is 67.6 Å². The summed E-state index contributed by atoms with van der Waals surface area (Å²) in [5.74, 6) is 4.64. The molecule has 154 valence electrons. The first-order chi connectivity index (χ1) is 12.7. The lowest BCUT2D eigenvalue weighted by Crippen LogP contribution is -2.52. The van der Waals surface area contributed by atoms with E-state index in [-0.39, 0.29) is 24.0 Å². The van der Waals surface area contributed by atoms with Gasteiger partial charge in [0.05, 0.1) is 6.10 Å². The highest BCUT2D eigenvalue weighted by molar-refractivity contribution is 14.0. The van der Waals surface area contributed by atoms with Gasteiger partial charge in [-0.3, -0.25) is 0 Å². The zero-order valence-electron chi connectivity index (χ0n) is 16.7. The standard InChI is InChI=1S/C18H32N6OS.HI/c1-14-21-22-17(23(14)2)12-20-18(19-8-5-11-26-3)24-9-7-16-15(13-24)6-4-10-25-16;/h15-16H,4-13H2,1-3H3,(H,19,20);1H. The first-order valence-corrected chi connectivity index (χ1v) is 11.1. The highest BCUT2D eigenvalue weighted by atomic mass is 127. The van der Waals surface area contributed by atoms with Crippen LogP contribution in [0.5, 0.6) is 0 Å². The fourth-order valence-corrected chi connectivity index (χ4v) is 4.13. The fraction of sp³-hybridized carbons (Fsp3) is 0.833. The van der Waals surface area contributed by atoms with Gasteiger partial charge in [0.15, 0.2) is 11.8 Å². The number of rotatable bonds is 6. The van der Waals surface area contributed by atoms with E-state index in [1.165, 1.54) is 18.6 Å². The molecule has 0 radical (unpaired) electrons. The maximum absolute atomic E-state index is 5.96. The summed E-state index contributed by atoms with van der Waals surface area (Å²) in [6.45, 7) is 6.46. The normalized spacial score (nSPS) is 22.9. The van der Waals surface area contributed by atoms with Crippen LogP contribution in [0.15, 0.2) is 4.99 Å². The average Bonchev–Trinajstić information content (AvgIpc) is 2.99. The van der Waals surface area contributed by atoms with Gasteiger partial charge in [0.1, 0.15) is 12.4 Å². The molecule has 7 nitrogen and oxygen atoms in total. The van der Waals surface area contributed by atoms with Crippen molar-refractivity contribution < 1.29 is 4.74 Å². The van der Waals surface area contributed by atoms with Gasteiger partial charge in [0.25, 0.3) is 0 Å². The van der Waals surface area contributed by atoms with Gasteiger partial charge in [-0.1, -0.05) is 0 Å². The van der Waals surface area contributed by atoms with Crippen molar-refractivity contribution in [1.29, 1.82) is 0 Å². The smallest absolute Gasteiger partial charge is 0.194 e. The molecule has 0 bridgehead atoms. The number of nitrogens with one attached hydrogen (secondary N) is 1. The van der Waals surface area contributed by atoms with E-state index in [1.54, 1.807) is 0 Å². The van der Waals surface area contributed by atoms with E-state index in [2.05, 4.69) is 26.7 Å². The quantitative estimate of drug-likeness (QED) is 0.276. The lowest BCUT2D eigenvalue weighted by molar-refractivity contribution is -0.0559. The molecule has 9 heteroatoms. The number of halogens is 1. The summed E-state index contributed by atoms with van der Waals surface area (Å²) in [7, 11) is 2.00. The first-order valence-electron chi connectivity index (χ1n) is 9.67. The van der Waals surface area contributed by atoms with E-state index in [4.69, 9.17) is 9.73 Å². The minimum Gasteiger partial charge on any atom is -0.378 e. The third-order valence-corrected chi connectivity index (χ3v) is 6.07. The molecule has 0 spiro atoms. The number of fused-ring (bicyclic) bond motifs is 1. The van der Waals surface area contributed by atoms with E-state index in [1.807, 2.05) is 30.3 Å². The van der Waals surface area contributed by atoms with Gasteiger partial charge in [-0.2, -0.15) is 11.8 Å². The second-order valence-electron chi connectivity index (χ2n) is 7.18. The Morgan fingerprint density at radius 2 is 2.22 bits per heavy atom. The molecule has 0 saturated carbocycles. The number of aryl methyl sites for hydroxylation is 1. The summed E-state index contributed by atoms with van der Waals surface area (Å²) in [6.07, 6.45) is 7.29. The first kappa shape index (κ1) is 22.7. The second kappa shape index (κ2) is 11.5. The van der Waals surface area contributed by atoms with Crippen molar-refractivity contribution in [3.63, 3.8) is 0 Å². The Morgan fingerprint density at radius 3 is 2.96 bits per heavy atom. The van der Waals surface area contributed by atoms with Crippen LogP contribution in [0.1, 0.15) is 37.3 Å². The van der Waals surface area contributed by atoms with Crippen molar-refractivity contribution in [1.82, 2.24) is 25.0 Å². The molecular formula is C18H33IN6OS. The van der Waals surface area contributed by atoms with Crippen molar-refractivity contribution in [3.05, 3.63) is 11.6 Å². The summed E-state index contributed by atoms with van der Waals surface area (Å²) < 4.78 is 7.97. The summed E-state index contributed by atoms with van der Waals surface area (Å²) in [5.41, 5.74) is 0. The molecule has 27 heavy (non-hydrogen) atoms. The number of likely N-dealkylation sites (tertiary alicyclic amines) is 1. The Labute approximate surface area is 184 Å². The number of piperidine rings is 1. The summed E-state index contributed by atoms with van der Waals surface area (Å²) in [5, 5.41) is 12.0. The molecule has 1 N–H and O–H groups in total. The molecule has 3 rings (SSSR count). The number of hydrogen-bond donors (Lipinski definition) is 1. The Hall–Kier alpha value is -0.550. The predicted octanol–water partition coefficient (Wildman–Crippen LogP) is 2.44. The van der Waals surface area contributed by atoms with Crippen LogP contribution in [0.3, 0.4) is 0 Å². The molecule has 2 saturated heterocycles. The number of hydrogen-bond acceptors (Lipinski definition) is 5. The lowest BCUT2D eigenvalue weighted by Gasteiger charge is -2.42. The Bertz CT molecular complexity index is 611. The van der Waals surface area contributed by atoms with Gasteiger partial charge in [-0.05, 0) is 44.6 Å². The zero-order valence-corrected chi connectivity index (χ0v) is 19.8. The van der Waals surface area contributed by atoms with E-state index < -0.39 is 0 Å². The molecule has 2 atom stereocenters.